The lowest BCUT2D eigenvalue weighted by Crippen LogP contribution is -2.29. The molecule has 0 spiro atoms. The summed E-state index contributed by atoms with van der Waals surface area (Å²) < 4.78 is 22.0. The molecule has 0 saturated carbocycles. The van der Waals surface area contributed by atoms with E-state index in [0.717, 1.165) is 10.8 Å². The molecule has 0 aliphatic carbocycles. The fourth-order valence-corrected chi connectivity index (χ4v) is 3.68. The Morgan fingerprint density at radius 1 is 1.00 bits per heavy atom. The number of anilines is 1. The van der Waals surface area contributed by atoms with Crippen molar-refractivity contribution in [3.8, 4) is 5.75 Å². The summed E-state index contributed by atoms with van der Waals surface area (Å²) in [5, 5.41) is 13.6. The molecule has 1 amide bonds. The molecule has 3 aromatic rings. The maximum absolute atomic E-state index is 13.0. The lowest BCUT2D eigenvalue weighted by molar-refractivity contribution is -0.141. The van der Waals surface area contributed by atoms with E-state index in [4.69, 9.17) is 24.1 Å². The summed E-state index contributed by atoms with van der Waals surface area (Å²) in [5.41, 5.74) is 1.29. The Labute approximate surface area is 209 Å². The Kier molecular flexibility index (Phi) is 10.2. The molecule has 186 valence electrons. The third-order valence-electron chi connectivity index (χ3n) is 5.26. The lowest BCUT2D eigenvalue weighted by Gasteiger charge is -2.26. The van der Waals surface area contributed by atoms with E-state index in [-0.39, 0.29) is 25.6 Å². The molecular weight excluding hydrogens is 470 g/mol. The van der Waals surface area contributed by atoms with Gasteiger partial charge in [0.1, 0.15) is 18.5 Å². The highest BCUT2D eigenvalue weighted by atomic mass is 32.1. The van der Waals surface area contributed by atoms with Gasteiger partial charge >= 0.3 is 12.1 Å². The van der Waals surface area contributed by atoms with Crippen molar-refractivity contribution in [2.75, 3.05) is 38.0 Å². The molecule has 0 aromatic heterocycles. The summed E-state index contributed by atoms with van der Waals surface area (Å²) in [6.07, 6.45) is -1.74. The number of methoxy groups -OCH3 is 1. The van der Waals surface area contributed by atoms with E-state index in [9.17, 15) is 9.59 Å². The topological polar surface area (TPSA) is 103 Å². The number of carbonyl (C=O) groups is 2. The highest BCUT2D eigenvalue weighted by Gasteiger charge is 2.28. The van der Waals surface area contributed by atoms with Gasteiger partial charge in [-0.15, -0.1) is 0 Å². The van der Waals surface area contributed by atoms with Crippen LogP contribution in [0.3, 0.4) is 0 Å². The van der Waals surface area contributed by atoms with Crippen LogP contribution in [0.4, 0.5) is 10.5 Å². The number of rotatable bonds is 12. The number of carbonyl (C=O) groups excluding carboxylic acids is 2. The van der Waals surface area contributed by atoms with E-state index in [1.165, 1.54) is 7.11 Å². The summed E-state index contributed by atoms with van der Waals surface area (Å²) in [7, 11) is 1.50. The Bertz CT molecular complexity index is 1100. The van der Waals surface area contributed by atoms with Crippen LogP contribution >= 0.6 is 12.6 Å². The molecule has 0 fully saturated rings. The van der Waals surface area contributed by atoms with Gasteiger partial charge in [0, 0.05) is 18.9 Å². The molecule has 3 aromatic carbocycles. The quantitative estimate of drug-likeness (QED) is 0.251. The molecule has 0 radical (unpaired) electrons. The zero-order valence-electron chi connectivity index (χ0n) is 19.4. The van der Waals surface area contributed by atoms with Gasteiger partial charge in [-0.25, -0.2) is 4.79 Å². The van der Waals surface area contributed by atoms with E-state index >= 15 is 0 Å². The molecule has 9 heteroatoms. The van der Waals surface area contributed by atoms with Gasteiger partial charge in [0.2, 0.25) is 0 Å². The Morgan fingerprint density at radius 2 is 1.74 bits per heavy atom. The summed E-state index contributed by atoms with van der Waals surface area (Å²) in [4.78, 5) is 24.4. The van der Waals surface area contributed by atoms with Crippen molar-refractivity contribution in [2.24, 2.45) is 0 Å². The first-order valence-electron chi connectivity index (χ1n) is 11.1. The maximum atomic E-state index is 13.0. The Morgan fingerprint density at radius 3 is 2.46 bits per heavy atom. The van der Waals surface area contributed by atoms with E-state index in [1.807, 2.05) is 36.4 Å². The van der Waals surface area contributed by atoms with Gasteiger partial charge in [-0.3, -0.25) is 10.1 Å². The van der Waals surface area contributed by atoms with Crippen molar-refractivity contribution in [1.82, 2.24) is 0 Å². The molecule has 0 aliphatic heterocycles. The number of fused-ring (bicyclic) bond motifs is 1. The first kappa shape index (κ1) is 26.3. The van der Waals surface area contributed by atoms with E-state index < -0.39 is 24.3 Å². The zero-order valence-corrected chi connectivity index (χ0v) is 20.3. The number of esters is 1. The fraction of sp³-hybridized carbons (Fsp3) is 0.308. The van der Waals surface area contributed by atoms with Crippen molar-refractivity contribution >= 4 is 41.2 Å². The number of ether oxygens (including phenoxy) is 4. The largest absolute Gasteiger partial charge is 0.491 e. The number of hydrogen-bond acceptors (Lipinski definition) is 8. The van der Waals surface area contributed by atoms with Gasteiger partial charge in [-0.1, -0.05) is 48.5 Å². The van der Waals surface area contributed by atoms with Crippen LogP contribution in [0.2, 0.25) is 0 Å². The molecule has 2 atom stereocenters. The highest BCUT2D eigenvalue weighted by Crippen LogP contribution is 2.29. The number of amides is 1. The summed E-state index contributed by atoms with van der Waals surface area (Å²) in [6.45, 7) is 0.156. The van der Waals surface area contributed by atoms with Crippen molar-refractivity contribution in [1.29, 1.82) is 0 Å². The van der Waals surface area contributed by atoms with Crippen molar-refractivity contribution < 1.29 is 33.6 Å². The van der Waals surface area contributed by atoms with Crippen LogP contribution in [0, 0.1) is 0 Å². The number of hydrogen-bond donors (Lipinski definition) is 3. The molecule has 2 N–H and O–H groups in total. The molecule has 3 rings (SSSR count). The number of aliphatic hydroxyl groups is 1. The van der Waals surface area contributed by atoms with Crippen molar-refractivity contribution in [2.45, 2.75) is 18.6 Å². The zero-order chi connectivity index (χ0) is 25.0. The van der Waals surface area contributed by atoms with Crippen LogP contribution in [0.1, 0.15) is 18.1 Å². The maximum Gasteiger partial charge on any atom is 0.412 e. The van der Waals surface area contributed by atoms with Crippen molar-refractivity contribution in [3.63, 3.8) is 0 Å². The second-order valence-electron chi connectivity index (χ2n) is 7.56. The van der Waals surface area contributed by atoms with Gasteiger partial charge < -0.3 is 24.1 Å². The van der Waals surface area contributed by atoms with E-state index in [0.29, 0.717) is 23.4 Å². The van der Waals surface area contributed by atoms with Crippen LogP contribution in [-0.2, 0) is 19.0 Å². The monoisotopic (exact) mass is 499 g/mol. The predicted octanol–water partition coefficient (Wildman–Crippen LogP) is 4.38. The SMILES string of the molecule is CO[C@@H](CCOC(=O)CS)[C@@H](OC(=O)Nc1cccc2ccccc12)c1ccc(OCCO)cc1. The van der Waals surface area contributed by atoms with Crippen LogP contribution in [0.15, 0.2) is 66.7 Å². The summed E-state index contributed by atoms with van der Waals surface area (Å²) in [5.74, 6) is 0.0958. The van der Waals surface area contributed by atoms with Crippen LogP contribution < -0.4 is 10.1 Å². The van der Waals surface area contributed by atoms with Gasteiger partial charge in [0.25, 0.3) is 0 Å². The molecule has 0 unspecified atom stereocenters. The average molecular weight is 500 g/mol. The van der Waals surface area contributed by atoms with Gasteiger partial charge in [0.05, 0.1) is 24.7 Å². The minimum absolute atomic E-state index is 0.0275. The molecule has 35 heavy (non-hydrogen) atoms. The molecular formula is C26H29NO7S. The van der Waals surface area contributed by atoms with Crippen LogP contribution in [0.5, 0.6) is 5.75 Å². The summed E-state index contributed by atoms with van der Waals surface area (Å²) >= 11 is 3.90. The second-order valence-corrected chi connectivity index (χ2v) is 7.88. The number of benzene rings is 3. The van der Waals surface area contributed by atoms with Gasteiger partial charge in [0.15, 0.2) is 6.10 Å². The van der Waals surface area contributed by atoms with E-state index in [1.54, 1.807) is 30.3 Å². The van der Waals surface area contributed by atoms with Gasteiger partial charge in [-0.05, 0) is 29.1 Å². The minimum atomic E-state index is -0.795. The first-order valence-corrected chi connectivity index (χ1v) is 11.8. The lowest BCUT2D eigenvalue weighted by atomic mass is 10.0. The highest BCUT2D eigenvalue weighted by molar-refractivity contribution is 7.81. The number of aliphatic hydroxyl groups excluding tert-OH is 1. The Balaban J connectivity index is 1.79. The van der Waals surface area contributed by atoms with Crippen LogP contribution in [0.25, 0.3) is 10.8 Å². The number of thiol groups is 1. The molecule has 0 heterocycles. The smallest absolute Gasteiger partial charge is 0.412 e. The molecule has 0 bridgehead atoms. The third kappa shape index (κ3) is 7.61. The second kappa shape index (κ2) is 13.6. The predicted molar refractivity (Wildman–Crippen MR) is 136 cm³/mol. The molecule has 8 nitrogen and oxygen atoms in total. The molecule has 0 saturated heterocycles. The first-order chi connectivity index (χ1) is 17.0. The molecule has 0 aliphatic rings. The number of nitrogens with one attached hydrogen (secondary N) is 1. The van der Waals surface area contributed by atoms with Crippen LogP contribution in [-0.4, -0.2) is 56.0 Å². The van der Waals surface area contributed by atoms with Gasteiger partial charge in [-0.2, -0.15) is 12.6 Å². The average Bonchev–Trinajstić information content (AvgIpc) is 2.89. The minimum Gasteiger partial charge on any atom is -0.491 e. The van der Waals surface area contributed by atoms with Crippen molar-refractivity contribution in [3.05, 3.63) is 72.3 Å². The third-order valence-corrected chi connectivity index (χ3v) is 5.52. The Hall–Kier alpha value is -3.27. The normalized spacial score (nSPS) is 12.5. The van der Waals surface area contributed by atoms with E-state index in [2.05, 4.69) is 17.9 Å². The fourth-order valence-electron chi connectivity index (χ4n) is 3.59. The standard InChI is InChI=1S/C26H29NO7S/c1-31-23(13-15-33-24(29)17-35)25(19-9-11-20(12-10-19)32-16-14-28)34-26(30)27-22-8-4-6-18-5-2-3-7-21(18)22/h2-12,23,25,28,35H,13-17H2,1H3,(H,27,30)/t23-,25-/m0/s1. The summed E-state index contributed by atoms with van der Waals surface area (Å²) in [6, 6.07) is 20.3.